The van der Waals surface area contributed by atoms with Crippen molar-refractivity contribution >= 4 is 30.8 Å². The van der Waals surface area contributed by atoms with Crippen molar-refractivity contribution in [1.29, 1.82) is 0 Å². The third-order valence-corrected chi connectivity index (χ3v) is 5.27. The lowest BCUT2D eigenvalue weighted by atomic mass is 9.85. The lowest BCUT2D eigenvalue weighted by molar-refractivity contribution is 0.590. The predicted octanol–water partition coefficient (Wildman–Crippen LogP) is 6.84. The fourth-order valence-corrected chi connectivity index (χ4v) is 3.77. The van der Waals surface area contributed by atoms with Crippen LogP contribution < -0.4 is 0 Å². The zero-order valence-electron chi connectivity index (χ0n) is 15.4. The van der Waals surface area contributed by atoms with Crippen LogP contribution in [0.1, 0.15) is 63.8 Å². The van der Waals surface area contributed by atoms with E-state index in [9.17, 15) is 0 Å². The van der Waals surface area contributed by atoms with Crippen LogP contribution in [0.5, 0.6) is 0 Å². The Morgan fingerprint density at radius 2 is 1.00 bits per heavy atom. The summed E-state index contributed by atoms with van der Waals surface area (Å²) in [6, 6.07) is 13.6. The van der Waals surface area contributed by atoms with Crippen molar-refractivity contribution in [3.8, 4) is 11.1 Å². The number of hydrogen-bond acceptors (Lipinski definition) is 2. The van der Waals surface area contributed by atoms with Gasteiger partial charge in [-0.05, 0) is 56.3 Å². The molecule has 0 atom stereocenters. The molecule has 1 aliphatic carbocycles. The molecule has 2 heteroatoms. The Morgan fingerprint density at radius 3 is 1.29 bits per heavy atom. The van der Waals surface area contributed by atoms with Crippen LogP contribution in [0.4, 0.5) is 0 Å². The van der Waals surface area contributed by atoms with E-state index in [1.807, 2.05) is 0 Å². The molecule has 0 aliphatic heterocycles. The van der Waals surface area contributed by atoms with E-state index in [2.05, 4.69) is 103 Å². The SMILES string of the molecule is CC(C)(C)c1ccc2c(c1)C(=C(S)S)c1cc(C(C)(C)C)ccc1-2. The van der Waals surface area contributed by atoms with E-state index >= 15 is 0 Å². The predicted molar refractivity (Wildman–Crippen MR) is 113 cm³/mol. The lowest BCUT2D eigenvalue weighted by Crippen LogP contribution is -2.11. The molecule has 0 heterocycles. The molecular formula is C22H26S2. The highest BCUT2D eigenvalue weighted by atomic mass is 32.2. The summed E-state index contributed by atoms with van der Waals surface area (Å²) in [5.41, 5.74) is 9.16. The zero-order chi connectivity index (χ0) is 17.9. The average molecular weight is 355 g/mol. The van der Waals surface area contributed by atoms with Gasteiger partial charge in [-0.3, -0.25) is 0 Å². The summed E-state index contributed by atoms with van der Waals surface area (Å²) < 4.78 is 0.784. The van der Waals surface area contributed by atoms with Gasteiger partial charge in [-0.15, -0.1) is 25.3 Å². The third-order valence-electron chi connectivity index (χ3n) is 4.82. The van der Waals surface area contributed by atoms with Crippen molar-refractivity contribution in [3.63, 3.8) is 0 Å². The van der Waals surface area contributed by atoms with Crippen molar-refractivity contribution in [2.24, 2.45) is 0 Å². The number of rotatable bonds is 0. The Labute approximate surface area is 157 Å². The standard InChI is InChI=1S/C22H26S2/c1-21(2,3)13-7-9-15-16-10-8-14(22(4,5)6)12-18(16)19(20(23)24)17(15)11-13/h7-12,23-24H,1-6H3. The van der Waals surface area contributed by atoms with E-state index in [4.69, 9.17) is 0 Å². The molecule has 0 saturated carbocycles. The minimum Gasteiger partial charge on any atom is -0.136 e. The van der Waals surface area contributed by atoms with Crippen LogP contribution in [0.25, 0.3) is 16.7 Å². The Morgan fingerprint density at radius 1 is 0.625 bits per heavy atom. The molecule has 126 valence electrons. The second-order valence-corrected chi connectivity index (χ2v) is 9.97. The highest BCUT2D eigenvalue weighted by Crippen LogP contribution is 2.49. The molecule has 0 spiro atoms. The van der Waals surface area contributed by atoms with E-state index in [1.165, 1.54) is 33.4 Å². The van der Waals surface area contributed by atoms with Gasteiger partial charge in [0.05, 0.1) is 0 Å². The molecule has 2 aromatic carbocycles. The quantitative estimate of drug-likeness (QED) is 0.406. The van der Waals surface area contributed by atoms with Crippen LogP contribution in [0.3, 0.4) is 0 Å². The van der Waals surface area contributed by atoms with Crippen LogP contribution in [-0.4, -0.2) is 0 Å². The van der Waals surface area contributed by atoms with Gasteiger partial charge >= 0.3 is 0 Å². The number of fused-ring (bicyclic) bond motifs is 3. The summed E-state index contributed by atoms with van der Waals surface area (Å²) >= 11 is 9.20. The van der Waals surface area contributed by atoms with Crippen molar-refractivity contribution in [2.75, 3.05) is 0 Å². The van der Waals surface area contributed by atoms with E-state index < -0.39 is 0 Å². The van der Waals surface area contributed by atoms with Gasteiger partial charge < -0.3 is 0 Å². The molecule has 0 nitrogen and oxygen atoms in total. The Hall–Kier alpha value is -1.12. The van der Waals surface area contributed by atoms with E-state index in [-0.39, 0.29) is 10.8 Å². The van der Waals surface area contributed by atoms with Crippen LogP contribution in [-0.2, 0) is 10.8 Å². The second-order valence-electron chi connectivity index (χ2n) is 8.72. The molecule has 0 saturated heterocycles. The first kappa shape index (κ1) is 17.7. The Balaban J connectivity index is 2.28. The maximum atomic E-state index is 4.60. The summed E-state index contributed by atoms with van der Waals surface area (Å²) in [4.78, 5) is 0. The third kappa shape index (κ3) is 2.95. The summed E-state index contributed by atoms with van der Waals surface area (Å²) in [5, 5.41) is 0. The van der Waals surface area contributed by atoms with Gasteiger partial charge in [-0.1, -0.05) is 65.8 Å². The normalized spacial score (nSPS) is 13.8. The van der Waals surface area contributed by atoms with Crippen LogP contribution >= 0.6 is 25.3 Å². The first-order valence-electron chi connectivity index (χ1n) is 8.42. The molecule has 1 aliphatic rings. The number of thiol groups is 2. The molecule has 0 N–H and O–H groups in total. The van der Waals surface area contributed by atoms with Gasteiger partial charge in [0.25, 0.3) is 0 Å². The summed E-state index contributed by atoms with van der Waals surface area (Å²) in [6.45, 7) is 13.5. The lowest BCUT2D eigenvalue weighted by Gasteiger charge is -2.20. The van der Waals surface area contributed by atoms with Gasteiger partial charge in [-0.2, -0.15) is 0 Å². The Kier molecular flexibility index (Phi) is 4.21. The summed E-state index contributed by atoms with van der Waals surface area (Å²) in [7, 11) is 0. The first-order chi connectivity index (χ1) is 11.0. The van der Waals surface area contributed by atoms with Gasteiger partial charge in [0.1, 0.15) is 0 Å². The number of hydrogen-bond donors (Lipinski definition) is 2. The van der Waals surface area contributed by atoms with Crippen LogP contribution in [0, 0.1) is 0 Å². The van der Waals surface area contributed by atoms with Gasteiger partial charge in [0, 0.05) is 9.81 Å². The highest BCUT2D eigenvalue weighted by Gasteiger charge is 2.28. The van der Waals surface area contributed by atoms with Crippen LogP contribution in [0.15, 0.2) is 40.6 Å². The van der Waals surface area contributed by atoms with Crippen molar-refractivity contribution < 1.29 is 0 Å². The smallest absolute Gasteiger partial charge is 0.0425 e. The van der Waals surface area contributed by atoms with Crippen molar-refractivity contribution in [3.05, 3.63) is 62.9 Å². The fourth-order valence-electron chi connectivity index (χ4n) is 3.29. The molecule has 0 fully saturated rings. The first-order valence-corrected chi connectivity index (χ1v) is 9.32. The molecule has 0 amide bonds. The Bertz CT molecular complexity index is 774. The van der Waals surface area contributed by atoms with Crippen molar-refractivity contribution in [2.45, 2.75) is 52.4 Å². The van der Waals surface area contributed by atoms with Crippen molar-refractivity contribution in [1.82, 2.24) is 0 Å². The zero-order valence-corrected chi connectivity index (χ0v) is 17.1. The molecule has 0 bridgehead atoms. The number of benzene rings is 2. The molecule has 0 radical (unpaired) electrons. The summed E-state index contributed by atoms with van der Waals surface area (Å²) in [6.07, 6.45) is 0. The average Bonchev–Trinajstić information content (AvgIpc) is 2.78. The van der Waals surface area contributed by atoms with Gasteiger partial charge in [-0.25, -0.2) is 0 Å². The molecule has 24 heavy (non-hydrogen) atoms. The minimum atomic E-state index is 0.124. The maximum absolute atomic E-state index is 4.60. The van der Waals surface area contributed by atoms with E-state index in [1.54, 1.807) is 0 Å². The van der Waals surface area contributed by atoms with E-state index in [0.29, 0.717) is 0 Å². The molecule has 2 aromatic rings. The van der Waals surface area contributed by atoms with Gasteiger partial charge in [0.2, 0.25) is 0 Å². The second kappa shape index (κ2) is 5.71. The molecular weight excluding hydrogens is 328 g/mol. The maximum Gasteiger partial charge on any atom is 0.0425 e. The molecule has 0 aromatic heterocycles. The van der Waals surface area contributed by atoms with Crippen LogP contribution in [0.2, 0.25) is 0 Å². The molecule has 0 unspecified atom stereocenters. The highest BCUT2D eigenvalue weighted by molar-refractivity contribution is 8.05. The fraction of sp³-hybridized carbons (Fsp3) is 0.364. The van der Waals surface area contributed by atoms with Gasteiger partial charge in [0.15, 0.2) is 0 Å². The largest absolute Gasteiger partial charge is 0.136 e. The monoisotopic (exact) mass is 354 g/mol. The topological polar surface area (TPSA) is 0 Å². The minimum absolute atomic E-state index is 0.124. The molecule has 3 rings (SSSR count). The summed E-state index contributed by atoms with van der Waals surface area (Å²) in [5.74, 6) is 0. The van der Waals surface area contributed by atoms with E-state index in [0.717, 1.165) is 9.81 Å².